The maximum absolute atomic E-state index is 14.5. The number of ether oxygens (including phenoxy) is 1. The molecular weight excluding hydrogens is 419 g/mol. The van der Waals surface area contributed by atoms with Gasteiger partial charge in [-0.05, 0) is 37.1 Å². The Morgan fingerprint density at radius 2 is 1.70 bits per heavy atom. The molecule has 0 spiro atoms. The number of hydrogen-bond acceptors (Lipinski definition) is 3. The number of carbonyl (C=O) groups is 2. The van der Waals surface area contributed by atoms with Gasteiger partial charge < -0.3 is 15.0 Å². The lowest BCUT2D eigenvalue weighted by Gasteiger charge is -2.31. The van der Waals surface area contributed by atoms with Crippen molar-refractivity contribution in [3.63, 3.8) is 0 Å². The predicted molar refractivity (Wildman–Crippen MR) is 126 cm³/mol. The maximum Gasteiger partial charge on any atom is 0.261 e. The Bertz CT molecular complexity index is 1100. The molecule has 0 aliphatic rings. The van der Waals surface area contributed by atoms with E-state index in [1.165, 1.54) is 18.0 Å². The van der Waals surface area contributed by atoms with Crippen molar-refractivity contribution in [1.29, 1.82) is 0 Å². The highest BCUT2D eigenvalue weighted by atomic mass is 19.1. The molecule has 33 heavy (non-hydrogen) atoms. The van der Waals surface area contributed by atoms with Gasteiger partial charge in [0.1, 0.15) is 17.6 Å². The number of amides is 2. The van der Waals surface area contributed by atoms with E-state index in [-0.39, 0.29) is 19.1 Å². The topological polar surface area (TPSA) is 58.6 Å². The maximum atomic E-state index is 14.5. The molecule has 0 radical (unpaired) electrons. The summed E-state index contributed by atoms with van der Waals surface area (Å²) in [6.07, 6.45) is 0.296. The number of rotatable bonds is 9. The largest absolute Gasteiger partial charge is 0.483 e. The molecule has 0 heterocycles. The van der Waals surface area contributed by atoms with Crippen LogP contribution in [0.1, 0.15) is 22.3 Å². The van der Waals surface area contributed by atoms with Gasteiger partial charge in [0.15, 0.2) is 6.61 Å². The van der Waals surface area contributed by atoms with Crippen molar-refractivity contribution in [2.75, 3.05) is 13.7 Å². The molecule has 0 bridgehead atoms. The fraction of sp³-hybridized carbons (Fsp3) is 0.259. The molecule has 3 aromatic carbocycles. The van der Waals surface area contributed by atoms with E-state index >= 15 is 0 Å². The molecular formula is C27H29FN2O3. The monoisotopic (exact) mass is 448 g/mol. The highest BCUT2D eigenvalue weighted by Crippen LogP contribution is 2.20. The fourth-order valence-electron chi connectivity index (χ4n) is 3.71. The summed E-state index contributed by atoms with van der Waals surface area (Å²) in [5.74, 6) is -0.557. The van der Waals surface area contributed by atoms with Gasteiger partial charge in [-0.15, -0.1) is 0 Å². The summed E-state index contributed by atoms with van der Waals surface area (Å²) >= 11 is 0. The second-order valence-corrected chi connectivity index (χ2v) is 7.99. The highest BCUT2D eigenvalue weighted by molar-refractivity contribution is 5.88. The number of benzene rings is 3. The molecule has 0 fully saturated rings. The molecule has 6 heteroatoms. The van der Waals surface area contributed by atoms with E-state index in [0.717, 1.165) is 16.7 Å². The SMILES string of the molecule is CNC(=O)[C@@H](Cc1ccccc1)N(Cc1ccccc1F)C(=O)COc1ccc(C)cc1C. The number of halogens is 1. The number of likely N-dealkylation sites (N-methyl/N-ethyl adjacent to an activating group) is 1. The first kappa shape index (κ1) is 24.0. The van der Waals surface area contributed by atoms with E-state index in [4.69, 9.17) is 4.74 Å². The number of hydrogen-bond donors (Lipinski definition) is 1. The van der Waals surface area contributed by atoms with Crippen LogP contribution in [0.25, 0.3) is 0 Å². The Kier molecular flexibility index (Phi) is 8.19. The van der Waals surface area contributed by atoms with Crippen molar-refractivity contribution < 1.29 is 18.7 Å². The van der Waals surface area contributed by atoms with E-state index < -0.39 is 17.8 Å². The molecule has 0 saturated carbocycles. The van der Waals surface area contributed by atoms with Crippen LogP contribution in [-0.2, 0) is 22.6 Å². The second kappa shape index (κ2) is 11.3. The zero-order chi connectivity index (χ0) is 23.8. The molecule has 172 valence electrons. The first-order chi connectivity index (χ1) is 15.9. The molecule has 0 aliphatic carbocycles. The van der Waals surface area contributed by atoms with Crippen molar-refractivity contribution >= 4 is 11.8 Å². The molecule has 1 N–H and O–H groups in total. The standard InChI is InChI=1S/C27H29FN2O3/c1-19-13-14-25(20(2)15-19)33-18-26(31)30(17-22-11-7-8-12-23(22)28)24(27(32)29-3)16-21-9-5-4-6-10-21/h4-15,24H,16-18H2,1-3H3,(H,29,32)/t24-/m1/s1. The van der Waals surface area contributed by atoms with Crippen molar-refractivity contribution in [1.82, 2.24) is 10.2 Å². The third-order valence-corrected chi connectivity index (χ3v) is 5.50. The lowest BCUT2D eigenvalue weighted by atomic mass is 10.0. The quantitative estimate of drug-likeness (QED) is 0.534. The van der Waals surface area contributed by atoms with Crippen LogP contribution in [0, 0.1) is 19.7 Å². The fourth-order valence-corrected chi connectivity index (χ4v) is 3.71. The minimum Gasteiger partial charge on any atom is -0.483 e. The molecule has 0 saturated heterocycles. The Balaban J connectivity index is 1.89. The number of nitrogens with one attached hydrogen (secondary N) is 1. The van der Waals surface area contributed by atoms with E-state index in [1.54, 1.807) is 18.2 Å². The summed E-state index contributed by atoms with van der Waals surface area (Å²) in [6.45, 7) is 3.58. The Morgan fingerprint density at radius 3 is 2.36 bits per heavy atom. The van der Waals surface area contributed by atoms with Crippen molar-refractivity contribution in [2.24, 2.45) is 0 Å². The van der Waals surface area contributed by atoms with Gasteiger partial charge in [0.25, 0.3) is 5.91 Å². The van der Waals surface area contributed by atoms with Crippen LogP contribution < -0.4 is 10.1 Å². The lowest BCUT2D eigenvalue weighted by molar-refractivity contribution is -0.142. The molecule has 5 nitrogen and oxygen atoms in total. The van der Waals surface area contributed by atoms with E-state index in [9.17, 15) is 14.0 Å². The minimum absolute atomic E-state index is 0.0489. The van der Waals surface area contributed by atoms with Crippen molar-refractivity contribution in [2.45, 2.75) is 32.9 Å². The number of aryl methyl sites for hydroxylation is 2. The van der Waals surface area contributed by atoms with Gasteiger partial charge in [0.05, 0.1) is 0 Å². The van der Waals surface area contributed by atoms with Crippen molar-refractivity contribution in [3.8, 4) is 5.75 Å². The summed E-state index contributed by atoms with van der Waals surface area (Å²) in [5.41, 5.74) is 3.23. The average Bonchev–Trinajstić information content (AvgIpc) is 2.82. The van der Waals surface area contributed by atoms with Gasteiger partial charge >= 0.3 is 0 Å². The zero-order valence-corrected chi connectivity index (χ0v) is 19.2. The summed E-state index contributed by atoms with van der Waals surface area (Å²) in [7, 11) is 1.53. The molecule has 0 unspecified atom stereocenters. The van der Waals surface area contributed by atoms with Gasteiger partial charge in [-0.25, -0.2) is 4.39 Å². The third-order valence-electron chi connectivity index (χ3n) is 5.50. The van der Waals surface area contributed by atoms with Crippen LogP contribution in [0.3, 0.4) is 0 Å². The van der Waals surface area contributed by atoms with E-state index in [1.807, 2.05) is 62.4 Å². The Hall–Kier alpha value is -3.67. The van der Waals surface area contributed by atoms with Gasteiger partial charge in [-0.3, -0.25) is 9.59 Å². The zero-order valence-electron chi connectivity index (χ0n) is 19.2. The van der Waals surface area contributed by atoms with Gasteiger partial charge in [-0.2, -0.15) is 0 Å². The average molecular weight is 449 g/mol. The minimum atomic E-state index is -0.827. The number of carbonyl (C=O) groups excluding carboxylic acids is 2. The van der Waals surface area contributed by atoms with Crippen LogP contribution in [0.5, 0.6) is 5.75 Å². The lowest BCUT2D eigenvalue weighted by Crippen LogP contribution is -2.51. The molecule has 3 rings (SSSR count). The first-order valence-electron chi connectivity index (χ1n) is 10.9. The van der Waals surface area contributed by atoms with Crippen LogP contribution in [0.4, 0.5) is 4.39 Å². The summed E-state index contributed by atoms with van der Waals surface area (Å²) in [5, 5.41) is 2.64. The van der Waals surface area contributed by atoms with Crippen molar-refractivity contribution in [3.05, 3.63) is 101 Å². The third kappa shape index (κ3) is 6.42. The van der Waals surface area contributed by atoms with Gasteiger partial charge in [0.2, 0.25) is 5.91 Å². The normalized spacial score (nSPS) is 11.5. The van der Waals surface area contributed by atoms with Gasteiger partial charge in [-0.1, -0.05) is 66.2 Å². The molecule has 2 amide bonds. The summed E-state index contributed by atoms with van der Waals surface area (Å²) < 4.78 is 20.3. The van der Waals surface area contributed by atoms with Crippen LogP contribution in [0.2, 0.25) is 0 Å². The number of nitrogens with zero attached hydrogens (tertiary/aromatic N) is 1. The summed E-state index contributed by atoms with van der Waals surface area (Å²) in [6, 6.07) is 20.6. The molecule has 0 aliphatic heterocycles. The van der Waals surface area contributed by atoms with Gasteiger partial charge in [0, 0.05) is 25.6 Å². The summed E-state index contributed by atoms with van der Waals surface area (Å²) in [4.78, 5) is 27.6. The Labute approximate surface area is 194 Å². The van der Waals surface area contributed by atoms with Crippen LogP contribution in [0.15, 0.2) is 72.8 Å². The van der Waals surface area contributed by atoms with Crippen LogP contribution >= 0.6 is 0 Å². The van der Waals surface area contributed by atoms with E-state index in [2.05, 4.69) is 5.32 Å². The molecule has 3 aromatic rings. The molecule has 0 aromatic heterocycles. The highest BCUT2D eigenvalue weighted by Gasteiger charge is 2.30. The molecule has 1 atom stereocenters. The first-order valence-corrected chi connectivity index (χ1v) is 10.9. The van der Waals surface area contributed by atoms with Crippen LogP contribution in [-0.4, -0.2) is 36.4 Å². The second-order valence-electron chi connectivity index (χ2n) is 7.99. The smallest absolute Gasteiger partial charge is 0.261 e. The van der Waals surface area contributed by atoms with E-state index in [0.29, 0.717) is 17.7 Å². The predicted octanol–water partition coefficient (Wildman–Crippen LogP) is 4.21. The Morgan fingerprint density at radius 1 is 1.00 bits per heavy atom.